The number of thiophene rings is 1. The molecule has 0 fully saturated rings. The first-order valence-corrected chi connectivity index (χ1v) is 9.76. The molecule has 2 heterocycles. The van der Waals surface area contributed by atoms with Gasteiger partial charge in [0.05, 0.1) is 16.3 Å². The summed E-state index contributed by atoms with van der Waals surface area (Å²) in [5.41, 5.74) is 4.88. The van der Waals surface area contributed by atoms with Gasteiger partial charge in [0, 0.05) is 16.1 Å². The van der Waals surface area contributed by atoms with Crippen LogP contribution in [0.2, 0.25) is 5.02 Å². The maximum Gasteiger partial charge on any atom is 0.265 e. The zero-order valence-electron chi connectivity index (χ0n) is 15.2. The van der Waals surface area contributed by atoms with E-state index in [1.807, 2.05) is 74.0 Å². The molecule has 1 N–H and O–H groups in total. The van der Waals surface area contributed by atoms with Crippen molar-refractivity contribution >= 4 is 44.7 Å². The van der Waals surface area contributed by atoms with Crippen LogP contribution in [0.5, 0.6) is 0 Å². The van der Waals surface area contributed by atoms with Crippen molar-refractivity contribution in [3.63, 3.8) is 0 Å². The number of aryl methyl sites for hydroxylation is 2. The van der Waals surface area contributed by atoms with Crippen LogP contribution in [0, 0.1) is 20.8 Å². The maximum absolute atomic E-state index is 12.8. The van der Waals surface area contributed by atoms with Gasteiger partial charge in [0.15, 0.2) is 0 Å². The number of aromatic nitrogens is 2. The van der Waals surface area contributed by atoms with Crippen molar-refractivity contribution in [3.05, 3.63) is 75.3 Å². The van der Waals surface area contributed by atoms with Crippen LogP contribution >= 0.6 is 22.9 Å². The minimum absolute atomic E-state index is 0.105. The molecule has 4 aromatic rings. The fourth-order valence-corrected chi connectivity index (χ4v) is 4.19. The lowest BCUT2D eigenvalue weighted by molar-refractivity contribution is 0.103. The highest BCUT2D eigenvalue weighted by molar-refractivity contribution is 7.20. The number of anilines is 1. The molecule has 0 aliphatic rings. The van der Waals surface area contributed by atoms with Crippen molar-refractivity contribution in [2.45, 2.75) is 20.8 Å². The summed E-state index contributed by atoms with van der Waals surface area (Å²) in [5, 5.41) is 9.31. The molecular formula is C21H18ClN3OS. The second-order valence-corrected chi connectivity index (χ2v) is 7.97. The summed E-state index contributed by atoms with van der Waals surface area (Å²) in [5.74, 6) is -0.105. The SMILES string of the molecule is Cc1cccc(NC(=O)c2cc3c(C)nn(-c4ccc(Cl)cc4)c3s2)c1C. The van der Waals surface area contributed by atoms with Crippen molar-refractivity contribution in [2.75, 3.05) is 5.32 Å². The summed E-state index contributed by atoms with van der Waals surface area (Å²) in [7, 11) is 0. The molecule has 136 valence electrons. The zero-order chi connectivity index (χ0) is 19.1. The van der Waals surface area contributed by atoms with Gasteiger partial charge in [0.2, 0.25) is 0 Å². The highest BCUT2D eigenvalue weighted by atomic mass is 35.5. The van der Waals surface area contributed by atoms with E-state index in [0.29, 0.717) is 9.90 Å². The molecule has 27 heavy (non-hydrogen) atoms. The Morgan fingerprint density at radius 2 is 1.85 bits per heavy atom. The highest BCUT2D eigenvalue weighted by Gasteiger charge is 2.18. The van der Waals surface area contributed by atoms with E-state index in [-0.39, 0.29) is 5.91 Å². The topological polar surface area (TPSA) is 46.9 Å². The molecule has 4 rings (SSSR count). The first-order chi connectivity index (χ1) is 12.9. The predicted octanol–water partition coefficient (Wildman–Crippen LogP) is 5.92. The molecule has 0 saturated heterocycles. The molecule has 0 spiro atoms. The van der Waals surface area contributed by atoms with E-state index in [1.165, 1.54) is 11.3 Å². The summed E-state index contributed by atoms with van der Waals surface area (Å²) in [4.78, 5) is 14.4. The number of carbonyl (C=O) groups is 1. The minimum Gasteiger partial charge on any atom is -0.321 e. The van der Waals surface area contributed by atoms with Gasteiger partial charge in [0.25, 0.3) is 5.91 Å². The normalized spacial score (nSPS) is 11.1. The van der Waals surface area contributed by atoms with Gasteiger partial charge in [-0.05, 0) is 68.3 Å². The van der Waals surface area contributed by atoms with Crippen LogP contribution in [0.3, 0.4) is 0 Å². The number of benzene rings is 2. The molecule has 0 bridgehead atoms. The van der Waals surface area contributed by atoms with Gasteiger partial charge in [0.1, 0.15) is 4.83 Å². The van der Waals surface area contributed by atoms with E-state index in [4.69, 9.17) is 11.6 Å². The predicted molar refractivity (Wildman–Crippen MR) is 113 cm³/mol. The Labute approximate surface area is 166 Å². The number of nitrogens with zero attached hydrogens (tertiary/aromatic N) is 2. The van der Waals surface area contributed by atoms with E-state index >= 15 is 0 Å². The second kappa shape index (κ2) is 6.83. The number of nitrogens with one attached hydrogen (secondary N) is 1. The van der Waals surface area contributed by atoms with Crippen LogP contribution < -0.4 is 5.32 Å². The molecule has 0 aliphatic carbocycles. The van der Waals surface area contributed by atoms with Crippen LogP contribution in [0.1, 0.15) is 26.5 Å². The average Bonchev–Trinajstić information content (AvgIpc) is 3.21. The molecule has 0 radical (unpaired) electrons. The summed E-state index contributed by atoms with van der Waals surface area (Å²) in [6.07, 6.45) is 0. The average molecular weight is 396 g/mol. The fourth-order valence-electron chi connectivity index (χ4n) is 2.99. The van der Waals surface area contributed by atoms with Gasteiger partial charge < -0.3 is 5.32 Å². The Bertz CT molecular complexity index is 1160. The van der Waals surface area contributed by atoms with Gasteiger partial charge in [-0.15, -0.1) is 11.3 Å². The lowest BCUT2D eigenvalue weighted by atomic mass is 10.1. The number of fused-ring (bicyclic) bond motifs is 1. The van der Waals surface area contributed by atoms with Gasteiger partial charge in [-0.1, -0.05) is 23.7 Å². The first-order valence-electron chi connectivity index (χ1n) is 8.56. The standard InChI is InChI=1S/C21H18ClN3OS/c1-12-5-4-6-18(13(12)2)23-20(26)19-11-17-14(3)24-25(21(17)27-19)16-9-7-15(22)8-10-16/h4-11H,1-3H3,(H,23,26). The molecule has 0 unspecified atom stereocenters. The number of amides is 1. The van der Waals surface area contributed by atoms with E-state index in [2.05, 4.69) is 10.4 Å². The lowest BCUT2D eigenvalue weighted by Gasteiger charge is -2.09. The Balaban J connectivity index is 1.71. The third-order valence-corrected chi connectivity index (χ3v) is 6.05. The minimum atomic E-state index is -0.105. The molecular weight excluding hydrogens is 378 g/mol. The van der Waals surface area contributed by atoms with Crippen LogP contribution in [0.15, 0.2) is 48.5 Å². The Kier molecular flexibility index (Phi) is 4.50. The summed E-state index contributed by atoms with van der Waals surface area (Å²) >= 11 is 7.43. The quantitative estimate of drug-likeness (QED) is 0.468. The molecule has 6 heteroatoms. The maximum atomic E-state index is 12.8. The van der Waals surface area contributed by atoms with Gasteiger partial charge in [-0.2, -0.15) is 5.10 Å². The van der Waals surface area contributed by atoms with E-state index in [1.54, 1.807) is 0 Å². The molecule has 2 aromatic carbocycles. The Morgan fingerprint density at radius 3 is 2.59 bits per heavy atom. The van der Waals surface area contributed by atoms with Crippen LogP contribution in [0.4, 0.5) is 5.69 Å². The fraction of sp³-hybridized carbons (Fsp3) is 0.143. The molecule has 1 amide bonds. The molecule has 2 aromatic heterocycles. The third kappa shape index (κ3) is 3.24. The zero-order valence-corrected chi connectivity index (χ0v) is 16.8. The smallest absolute Gasteiger partial charge is 0.265 e. The molecule has 0 atom stereocenters. The highest BCUT2D eigenvalue weighted by Crippen LogP contribution is 2.31. The van der Waals surface area contributed by atoms with Gasteiger partial charge in [-0.3, -0.25) is 4.79 Å². The monoisotopic (exact) mass is 395 g/mol. The van der Waals surface area contributed by atoms with Crippen molar-refractivity contribution < 1.29 is 4.79 Å². The van der Waals surface area contributed by atoms with Crippen molar-refractivity contribution in [3.8, 4) is 5.69 Å². The van der Waals surface area contributed by atoms with Crippen molar-refractivity contribution in [1.29, 1.82) is 0 Å². The third-order valence-electron chi connectivity index (χ3n) is 4.69. The Hall–Kier alpha value is -2.63. The first kappa shape index (κ1) is 17.8. The number of hydrogen-bond donors (Lipinski definition) is 1. The van der Waals surface area contributed by atoms with Crippen molar-refractivity contribution in [1.82, 2.24) is 9.78 Å². The lowest BCUT2D eigenvalue weighted by Crippen LogP contribution is -2.11. The van der Waals surface area contributed by atoms with Gasteiger partial charge in [-0.25, -0.2) is 4.68 Å². The van der Waals surface area contributed by atoms with Crippen molar-refractivity contribution in [2.24, 2.45) is 0 Å². The van der Waals surface area contributed by atoms with Crippen LogP contribution in [0.25, 0.3) is 15.9 Å². The largest absolute Gasteiger partial charge is 0.321 e. The summed E-state index contributed by atoms with van der Waals surface area (Å²) in [6.45, 7) is 6.00. The van der Waals surface area contributed by atoms with Crippen LogP contribution in [-0.4, -0.2) is 15.7 Å². The number of halogens is 1. The number of carbonyl (C=O) groups excluding carboxylic acids is 1. The van der Waals surface area contributed by atoms with Gasteiger partial charge >= 0.3 is 0 Å². The van der Waals surface area contributed by atoms with Crippen LogP contribution in [-0.2, 0) is 0 Å². The van der Waals surface area contributed by atoms with E-state index in [0.717, 1.165) is 38.4 Å². The number of hydrogen-bond acceptors (Lipinski definition) is 3. The summed E-state index contributed by atoms with van der Waals surface area (Å²) in [6, 6.07) is 15.3. The number of rotatable bonds is 3. The molecule has 0 aliphatic heterocycles. The summed E-state index contributed by atoms with van der Waals surface area (Å²) < 4.78 is 1.86. The molecule has 0 saturated carbocycles. The van der Waals surface area contributed by atoms with E-state index < -0.39 is 0 Å². The molecule has 4 nitrogen and oxygen atoms in total. The van der Waals surface area contributed by atoms with E-state index in [9.17, 15) is 4.79 Å². The Morgan fingerprint density at radius 1 is 1.11 bits per heavy atom. The second-order valence-electron chi connectivity index (χ2n) is 6.50.